The van der Waals surface area contributed by atoms with Crippen LogP contribution in [0.3, 0.4) is 0 Å². The second kappa shape index (κ2) is 4.86. The smallest absolute Gasteiger partial charge is 0.335 e. The van der Waals surface area contributed by atoms with Crippen LogP contribution in [0.4, 0.5) is 10.5 Å². The highest BCUT2D eigenvalue weighted by molar-refractivity contribution is 6.33. The van der Waals surface area contributed by atoms with Gasteiger partial charge in [-0.05, 0) is 19.1 Å². The summed E-state index contributed by atoms with van der Waals surface area (Å²) in [6.45, 7) is 1.88. The molecule has 1 aliphatic rings. The van der Waals surface area contributed by atoms with Crippen molar-refractivity contribution in [3.63, 3.8) is 0 Å². The molecule has 0 radical (unpaired) electrons. The quantitative estimate of drug-likeness (QED) is 0.858. The van der Waals surface area contributed by atoms with E-state index in [-0.39, 0.29) is 12.1 Å². The number of nitrogens with one attached hydrogen (secondary N) is 2. The van der Waals surface area contributed by atoms with E-state index >= 15 is 0 Å². The van der Waals surface area contributed by atoms with Crippen LogP contribution in [0.5, 0.6) is 0 Å². The minimum atomic E-state index is -0.290. The van der Waals surface area contributed by atoms with Crippen LogP contribution in [-0.4, -0.2) is 31.9 Å². The van der Waals surface area contributed by atoms with Gasteiger partial charge in [-0.15, -0.1) is 0 Å². The number of hydrogen-bond acceptors (Lipinski definition) is 3. The van der Waals surface area contributed by atoms with Crippen molar-refractivity contribution in [2.45, 2.75) is 13.0 Å². The Morgan fingerprint density at radius 3 is 2.67 bits per heavy atom. The van der Waals surface area contributed by atoms with Gasteiger partial charge in [0.15, 0.2) is 0 Å². The van der Waals surface area contributed by atoms with Gasteiger partial charge in [0.05, 0.1) is 22.5 Å². The van der Waals surface area contributed by atoms with E-state index in [4.69, 9.17) is 11.6 Å². The van der Waals surface area contributed by atoms with Gasteiger partial charge in [0.2, 0.25) is 0 Å². The summed E-state index contributed by atoms with van der Waals surface area (Å²) in [6.07, 6.45) is 0. The lowest BCUT2D eigenvalue weighted by atomic mass is 10.0. The molecule has 18 heavy (non-hydrogen) atoms. The molecule has 0 aliphatic carbocycles. The first-order valence-corrected chi connectivity index (χ1v) is 5.98. The minimum Gasteiger partial charge on any atom is -0.376 e. The summed E-state index contributed by atoms with van der Waals surface area (Å²) >= 11 is 6.22. The largest absolute Gasteiger partial charge is 0.376 e. The summed E-state index contributed by atoms with van der Waals surface area (Å²) in [6, 6.07) is 5.30. The number of amides is 2. The van der Waals surface area contributed by atoms with Gasteiger partial charge in [0, 0.05) is 19.7 Å². The summed E-state index contributed by atoms with van der Waals surface area (Å²) in [4.78, 5) is 13.0. The summed E-state index contributed by atoms with van der Waals surface area (Å²) in [5, 5.41) is 7.47. The molecule has 1 aromatic rings. The number of nitrogens with zero attached hydrogens (tertiary/aromatic N) is 2. The number of hydrazone groups is 1. The van der Waals surface area contributed by atoms with E-state index < -0.39 is 0 Å². The van der Waals surface area contributed by atoms with Crippen LogP contribution in [0.15, 0.2) is 23.3 Å². The van der Waals surface area contributed by atoms with E-state index in [0.717, 1.165) is 17.0 Å². The van der Waals surface area contributed by atoms with Gasteiger partial charge >= 0.3 is 6.03 Å². The average molecular weight is 267 g/mol. The molecule has 1 atom stereocenters. The summed E-state index contributed by atoms with van der Waals surface area (Å²) < 4.78 is 0. The zero-order chi connectivity index (χ0) is 13.3. The monoisotopic (exact) mass is 266 g/mol. The zero-order valence-electron chi connectivity index (χ0n) is 10.5. The Labute approximate surface area is 111 Å². The number of rotatable bonds is 2. The van der Waals surface area contributed by atoms with Crippen molar-refractivity contribution in [3.8, 4) is 0 Å². The van der Waals surface area contributed by atoms with Crippen LogP contribution in [0, 0.1) is 0 Å². The van der Waals surface area contributed by atoms with E-state index in [1.807, 2.05) is 44.1 Å². The third-order valence-corrected chi connectivity index (χ3v) is 3.06. The lowest BCUT2D eigenvalue weighted by Crippen LogP contribution is -2.48. The van der Waals surface area contributed by atoms with Gasteiger partial charge in [-0.25, -0.2) is 10.2 Å². The fourth-order valence-electron chi connectivity index (χ4n) is 1.85. The number of hydrogen-bond donors (Lipinski definition) is 2. The first kappa shape index (κ1) is 12.7. The molecule has 5 nitrogen and oxygen atoms in total. The standard InChI is InChI=1S/C12H15ClN4O/c1-7-11(15-16-12(18)14-7)8-4-5-10(17(2)3)9(13)6-8/h4-7H,1-3H3,(H2,14,16,18). The van der Waals surface area contributed by atoms with Gasteiger partial charge in [-0.3, -0.25) is 0 Å². The minimum absolute atomic E-state index is 0.139. The molecule has 0 saturated carbocycles. The Hall–Kier alpha value is -1.75. The Morgan fingerprint density at radius 1 is 1.39 bits per heavy atom. The lowest BCUT2D eigenvalue weighted by Gasteiger charge is -2.22. The molecule has 2 amide bonds. The molecule has 1 heterocycles. The second-order valence-corrected chi connectivity index (χ2v) is 4.77. The van der Waals surface area contributed by atoms with E-state index in [0.29, 0.717) is 5.02 Å². The molecule has 0 saturated heterocycles. The van der Waals surface area contributed by atoms with Gasteiger partial charge in [0.1, 0.15) is 0 Å². The molecular formula is C12H15ClN4O. The van der Waals surface area contributed by atoms with Crippen LogP contribution < -0.4 is 15.6 Å². The SMILES string of the molecule is CC1NC(=O)NN=C1c1ccc(N(C)C)c(Cl)c1. The number of anilines is 1. The summed E-state index contributed by atoms with van der Waals surface area (Å²) in [7, 11) is 3.87. The van der Waals surface area contributed by atoms with Crippen LogP contribution in [0.1, 0.15) is 12.5 Å². The molecule has 0 aromatic heterocycles. The lowest BCUT2D eigenvalue weighted by molar-refractivity contribution is 0.239. The van der Waals surface area contributed by atoms with Crippen LogP contribution >= 0.6 is 11.6 Å². The fraction of sp³-hybridized carbons (Fsp3) is 0.333. The van der Waals surface area contributed by atoms with Crippen molar-refractivity contribution in [1.82, 2.24) is 10.7 Å². The van der Waals surface area contributed by atoms with Crippen molar-refractivity contribution in [1.29, 1.82) is 0 Å². The maximum atomic E-state index is 11.1. The van der Waals surface area contributed by atoms with E-state index in [1.165, 1.54) is 0 Å². The van der Waals surface area contributed by atoms with Gasteiger partial charge in [0.25, 0.3) is 0 Å². The third-order valence-electron chi connectivity index (χ3n) is 2.76. The van der Waals surface area contributed by atoms with E-state index in [1.54, 1.807) is 0 Å². The fourth-order valence-corrected chi connectivity index (χ4v) is 2.20. The van der Waals surface area contributed by atoms with Crippen LogP contribution in [0.25, 0.3) is 0 Å². The van der Waals surface area contributed by atoms with Crippen LogP contribution in [-0.2, 0) is 0 Å². The molecule has 6 heteroatoms. The molecule has 0 bridgehead atoms. The molecule has 1 aliphatic heterocycles. The summed E-state index contributed by atoms with van der Waals surface area (Å²) in [5.41, 5.74) is 5.01. The third kappa shape index (κ3) is 2.41. The highest BCUT2D eigenvalue weighted by atomic mass is 35.5. The molecule has 0 fully saturated rings. The van der Waals surface area contributed by atoms with Crippen LogP contribution in [0.2, 0.25) is 5.02 Å². The number of benzene rings is 1. The van der Waals surface area contributed by atoms with Gasteiger partial charge in [-0.1, -0.05) is 17.7 Å². The second-order valence-electron chi connectivity index (χ2n) is 4.36. The maximum Gasteiger partial charge on any atom is 0.335 e. The van der Waals surface area contributed by atoms with Gasteiger partial charge < -0.3 is 10.2 Å². The Kier molecular flexibility index (Phi) is 3.43. The molecule has 1 unspecified atom stereocenters. The Bertz CT molecular complexity index is 513. The van der Waals surface area contributed by atoms with Gasteiger partial charge in [-0.2, -0.15) is 5.10 Å². The average Bonchev–Trinajstić information content (AvgIpc) is 2.28. The molecule has 2 rings (SSSR count). The molecule has 2 N–H and O–H groups in total. The van der Waals surface area contributed by atoms with Crippen molar-refractivity contribution in [3.05, 3.63) is 28.8 Å². The van der Waals surface area contributed by atoms with Crippen molar-refractivity contribution >= 4 is 29.0 Å². The summed E-state index contributed by atoms with van der Waals surface area (Å²) in [5.74, 6) is 0. The predicted octanol–water partition coefficient (Wildman–Crippen LogP) is 1.81. The zero-order valence-corrected chi connectivity index (χ0v) is 11.2. The number of urea groups is 1. The topological polar surface area (TPSA) is 56.7 Å². The number of halogens is 1. The molecular weight excluding hydrogens is 252 g/mol. The number of carbonyl (C=O) groups is 1. The van der Waals surface area contributed by atoms with Crippen molar-refractivity contribution in [2.75, 3.05) is 19.0 Å². The van der Waals surface area contributed by atoms with Crippen molar-refractivity contribution < 1.29 is 4.79 Å². The first-order valence-electron chi connectivity index (χ1n) is 5.60. The molecule has 0 spiro atoms. The number of carbonyl (C=O) groups excluding carboxylic acids is 1. The first-order chi connectivity index (χ1) is 8.49. The maximum absolute atomic E-state index is 11.1. The van der Waals surface area contributed by atoms with E-state index in [9.17, 15) is 4.79 Å². The molecule has 1 aromatic carbocycles. The Morgan fingerprint density at radius 2 is 2.11 bits per heavy atom. The normalized spacial score (nSPS) is 18.8. The highest BCUT2D eigenvalue weighted by Crippen LogP contribution is 2.26. The molecule has 96 valence electrons. The predicted molar refractivity (Wildman–Crippen MR) is 73.4 cm³/mol. The highest BCUT2D eigenvalue weighted by Gasteiger charge is 2.20. The van der Waals surface area contributed by atoms with Crippen molar-refractivity contribution in [2.24, 2.45) is 5.10 Å². The Balaban J connectivity index is 2.35. The van der Waals surface area contributed by atoms with E-state index in [2.05, 4.69) is 15.8 Å².